The molecule has 0 aliphatic carbocycles. The predicted octanol–water partition coefficient (Wildman–Crippen LogP) is 4.25. The molecule has 4 nitrogen and oxygen atoms in total. The third-order valence-corrected chi connectivity index (χ3v) is 4.43. The number of hydrogen-bond acceptors (Lipinski definition) is 3. The molecule has 3 rings (SSSR count). The van der Waals surface area contributed by atoms with Gasteiger partial charge in [0.05, 0.1) is 0 Å². The number of ether oxygens (including phenoxy) is 1. The Kier molecular flexibility index (Phi) is 5.97. The molecule has 142 valence electrons. The fourth-order valence-electron chi connectivity index (χ4n) is 3.18. The highest BCUT2D eigenvalue weighted by molar-refractivity contribution is 5.83. The molecule has 0 aliphatic rings. The molecule has 4 heteroatoms. The van der Waals surface area contributed by atoms with Crippen LogP contribution in [-0.4, -0.2) is 29.1 Å². The topological polar surface area (TPSA) is 54.1 Å². The van der Waals surface area contributed by atoms with E-state index in [0.29, 0.717) is 13.0 Å². The van der Waals surface area contributed by atoms with Gasteiger partial charge in [-0.1, -0.05) is 48.5 Å². The van der Waals surface area contributed by atoms with E-state index < -0.39 is 5.60 Å². The monoisotopic (exact) mass is 364 g/mol. The van der Waals surface area contributed by atoms with Crippen LogP contribution < -0.4 is 5.32 Å². The van der Waals surface area contributed by atoms with Gasteiger partial charge in [-0.2, -0.15) is 0 Å². The van der Waals surface area contributed by atoms with E-state index in [-0.39, 0.29) is 12.0 Å². The number of carbonyl (C=O) groups is 1. The van der Waals surface area contributed by atoms with Gasteiger partial charge in [-0.25, -0.2) is 0 Å². The molecule has 0 saturated heterocycles. The predicted molar refractivity (Wildman–Crippen MR) is 110 cm³/mol. The Bertz CT molecular complexity index is 878. The van der Waals surface area contributed by atoms with E-state index in [1.165, 1.54) is 10.9 Å². The van der Waals surface area contributed by atoms with Crippen LogP contribution in [0.4, 0.5) is 0 Å². The number of rotatable bonds is 7. The average Bonchev–Trinajstić information content (AvgIpc) is 3.04. The van der Waals surface area contributed by atoms with E-state index >= 15 is 0 Å². The number of hydrogen-bond donors (Lipinski definition) is 2. The fraction of sp³-hybridized carbons (Fsp3) is 0.348. The fourth-order valence-corrected chi connectivity index (χ4v) is 3.18. The molecule has 0 radical (unpaired) electrons. The highest BCUT2D eigenvalue weighted by Crippen LogP contribution is 2.18. The van der Waals surface area contributed by atoms with Crippen molar-refractivity contribution in [3.8, 4) is 0 Å². The minimum Gasteiger partial charge on any atom is -0.459 e. The van der Waals surface area contributed by atoms with Crippen molar-refractivity contribution >= 4 is 16.9 Å². The van der Waals surface area contributed by atoms with Crippen LogP contribution >= 0.6 is 0 Å². The van der Waals surface area contributed by atoms with Crippen LogP contribution in [0.2, 0.25) is 0 Å². The smallest absolute Gasteiger partial charge is 0.323 e. The lowest BCUT2D eigenvalue weighted by Gasteiger charge is -2.24. The van der Waals surface area contributed by atoms with Gasteiger partial charge in [0, 0.05) is 23.6 Å². The second-order valence-electron chi connectivity index (χ2n) is 7.84. The Morgan fingerprint density at radius 1 is 1.07 bits per heavy atom. The van der Waals surface area contributed by atoms with Crippen molar-refractivity contribution in [2.45, 2.75) is 45.3 Å². The number of fused-ring (bicyclic) bond motifs is 1. The first-order chi connectivity index (χ1) is 12.9. The normalized spacial score (nSPS) is 12.9. The van der Waals surface area contributed by atoms with E-state index in [1.54, 1.807) is 0 Å². The third kappa shape index (κ3) is 5.44. The van der Waals surface area contributed by atoms with Gasteiger partial charge in [0.1, 0.15) is 11.6 Å². The third-order valence-electron chi connectivity index (χ3n) is 4.43. The molecule has 0 amide bonds. The standard InChI is InChI=1S/C23H28N2O2/c1-23(2,3)27-22(26)21(15-17-9-5-4-6-10-17)24-14-13-18-16-25-20-12-8-7-11-19(18)20/h4-12,16,21,24-25H,13-15H2,1-3H3/t21-/m0/s1. The van der Waals surface area contributed by atoms with Gasteiger partial charge >= 0.3 is 5.97 Å². The number of aromatic nitrogens is 1. The van der Waals surface area contributed by atoms with E-state index in [0.717, 1.165) is 17.5 Å². The number of nitrogens with one attached hydrogen (secondary N) is 2. The number of benzene rings is 2. The molecule has 1 aromatic heterocycles. The van der Waals surface area contributed by atoms with Crippen LogP contribution in [-0.2, 0) is 22.4 Å². The maximum Gasteiger partial charge on any atom is 0.323 e. The first kappa shape index (κ1) is 19.2. The molecule has 0 aliphatic heterocycles. The van der Waals surface area contributed by atoms with Crippen molar-refractivity contribution in [3.63, 3.8) is 0 Å². The summed E-state index contributed by atoms with van der Waals surface area (Å²) in [6.45, 7) is 6.40. The molecule has 1 atom stereocenters. The summed E-state index contributed by atoms with van der Waals surface area (Å²) in [7, 11) is 0. The molecule has 2 N–H and O–H groups in total. The largest absolute Gasteiger partial charge is 0.459 e. The van der Waals surface area contributed by atoms with E-state index in [2.05, 4.69) is 22.4 Å². The van der Waals surface area contributed by atoms with E-state index in [1.807, 2.05) is 69.4 Å². The molecular weight excluding hydrogens is 336 g/mol. The Morgan fingerprint density at radius 3 is 2.52 bits per heavy atom. The highest BCUT2D eigenvalue weighted by Gasteiger charge is 2.25. The van der Waals surface area contributed by atoms with Crippen LogP contribution in [0.1, 0.15) is 31.9 Å². The molecule has 0 spiro atoms. The molecule has 0 unspecified atom stereocenters. The number of para-hydroxylation sites is 1. The van der Waals surface area contributed by atoms with Crippen molar-refractivity contribution in [1.82, 2.24) is 10.3 Å². The van der Waals surface area contributed by atoms with Crippen molar-refractivity contribution in [1.29, 1.82) is 0 Å². The Labute approximate surface area is 160 Å². The summed E-state index contributed by atoms with van der Waals surface area (Å²) in [5, 5.41) is 4.64. The van der Waals surface area contributed by atoms with Crippen LogP contribution in [0.15, 0.2) is 60.8 Å². The average molecular weight is 364 g/mol. The molecule has 0 bridgehead atoms. The lowest BCUT2D eigenvalue weighted by atomic mass is 10.0. The van der Waals surface area contributed by atoms with Gasteiger partial charge in [-0.05, 0) is 50.8 Å². The zero-order valence-corrected chi connectivity index (χ0v) is 16.3. The van der Waals surface area contributed by atoms with Crippen LogP contribution in [0.25, 0.3) is 10.9 Å². The Balaban J connectivity index is 1.66. The quantitative estimate of drug-likeness (QED) is 0.616. The van der Waals surface area contributed by atoms with Gasteiger partial charge in [-0.15, -0.1) is 0 Å². The number of carbonyl (C=O) groups excluding carboxylic acids is 1. The summed E-state index contributed by atoms with van der Waals surface area (Å²) in [5.74, 6) is -0.203. The molecule has 0 saturated carbocycles. The maximum absolute atomic E-state index is 12.7. The zero-order valence-electron chi connectivity index (χ0n) is 16.3. The Hall–Kier alpha value is -2.59. The molecule has 3 aromatic rings. The molecular formula is C23H28N2O2. The van der Waals surface area contributed by atoms with Gasteiger partial charge < -0.3 is 15.0 Å². The van der Waals surface area contributed by atoms with E-state index in [9.17, 15) is 4.79 Å². The first-order valence-corrected chi connectivity index (χ1v) is 9.47. The number of aromatic amines is 1. The maximum atomic E-state index is 12.7. The molecule has 0 fully saturated rings. The summed E-state index contributed by atoms with van der Waals surface area (Å²) in [5.41, 5.74) is 3.01. The van der Waals surface area contributed by atoms with Crippen molar-refractivity contribution in [2.75, 3.05) is 6.54 Å². The first-order valence-electron chi connectivity index (χ1n) is 9.47. The van der Waals surface area contributed by atoms with Crippen molar-refractivity contribution in [3.05, 3.63) is 71.9 Å². The van der Waals surface area contributed by atoms with Crippen molar-refractivity contribution in [2.24, 2.45) is 0 Å². The van der Waals surface area contributed by atoms with E-state index in [4.69, 9.17) is 4.74 Å². The Morgan fingerprint density at radius 2 is 1.78 bits per heavy atom. The lowest BCUT2D eigenvalue weighted by molar-refractivity contribution is -0.157. The van der Waals surface area contributed by atoms with Gasteiger partial charge in [-0.3, -0.25) is 4.79 Å². The second-order valence-corrected chi connectivity index (χ2v) is 7.84. The number of esters is 1. The summed E-state index contributed by atoms with van der Waals surface area (Å²) in [4.78, 5) is 16.0. The molecule has 2 aromatic carbocycles. The SMILES string of the molecule is CC(C)(C)OC(=O)[C@H](Cc1ccccc1)NCCc1c[nH]c2ccccc12. The highest BCUT2D eigenvalue weighted by atomic mass is 16.6. The summed E-state index contributed by atoms with van der Waals surface area (Å²) >= 11 is 0. The minimum absolute atomic E-state index is 0.203. The second kappa shape index (κ2) is 8.40. The van der Waals surface area contributed by atoms with Crippen molar-refractivity contribution < 1.29 is 9.53 Å². The van der Waals surface area contributed by atoms with Gasteiger partial charge in [0.15, 0.2) is 0 Å². The summed E-state index contributed by atoms with van der Waals surface area (Å²) < 4.78 is 5.62. The molecule has 27 heavy (non-hydrogen) atoms. The van der Waals surface area contributed by atoms with Gasteiger partial charge in [0.2, 0.25) is 0 Å². The molecule has 1 heterocycles. The summed E-state index contributed by atoms with van der Waals surface area (Å²) in [6.07, 6.45) is 3.51. The number of H-pyrrole nitrogens is 1. The van der Waals surface area contributed by atoms with Crippen LogP contribution in [0.3, 0.4) is 0 Å². The van der Waals surface area contributed by atoms with Crippen LogP contribution in [0.5, 0.6) is 0 Å². The lowest BCUT2D eigenvalue weighted by Crippen LogP contribution is -2.43. The van der Waals surface area contributed by atoms with Gasteiger partial charge in [0.25, 0.3) is 0 Å². The van der Waals surface area contributed by atoms with Crippen LogP contribution in [0, 0.1) is 0 Å². The summed E-state index contributed by atoms with van der Waals surface area (Å²) in [6, 6.07) is 18.0. The zero-order chi connectivity index (χ0) is 19.3. The minimum atomic E-state index is -0.495.